The van der Waals surface area contributed by atoms with Crippen molar-refractivity contribution in [2.45, 2.75) is 32.0 Å². The molecule has 3 heterocycles. The molecule has 0 fully saturated rings. The summed E-state index contributed by atoms with van der Waals surface area (Å²) in [5.74, 6) is -0.496. The number of aromatic nitrogens is 3. The van der Waals surface area contributed by atoms with E-state index in [-0.39, 0.29) is 36.4 Å². The van der Waals surface area contributed by atoms with Gasteiger partial charge < -0.3 is 30.0 Å². The number of carboxylic acids is 1. The predicted octanol–water partition coefficient (Wildman–Crippen LogP) is 5.36. The SMILES string of the molecule is O=C(O)c1ccc2cc1OCCC=CCCCOc1ccc(cc1)CNc1nc(nc(OCC(F)(F)F)n1)N2. The molecule has 3 aromatic rings. The van der Waals surface area contributed by atoms with Crippen molar-refractivity contribution in [1.82, 2.24) is 15.0 Å². The van der Waals surface area contributed by atoms with Crippen LogP contribution in [0.2, 0.25) is 0 Å². The number of benzene rings is 2. The van der Waals surface area contributed by atoms with E-state index < -0.39 is 24.8 Å². The quantitative estimate of drug-likeness (QED) is 0.370. The molecule has 13 heteroatoms. The zero-order valence-corrected chi connectivity index (χ0v) is 20.7. The van der Waals surface area contributed by atoms with Crippen LogP contribution in [0.15, 0.2) is 54.6 Å². The van der Waals surface area contributed by atoms with Crippen LogP contribution in [0.1, 0.15) is 35.2 Å². The minimum atomic E-state index is -4.59. The van der Waals surface area contributed by atoms with Crippen molar-refractivity contribution < 1.29 is 37.3 Å². The molecule has 1 aromatic heterocycles. The number of carbonyl (C=O) groups is 1. The van der Waals surface area contributed by atoms with Crippen LogP contribution in [0.3, 0.4) is 0 Å². The Bertz CT molecular complexity index is 1300. The van der Waals surface area contributed by atoms with Gasteiger partial charge in [0.05, 0.1) is 13.2 Å². The number of aromatic carboxylic acids is 1. The van der Waals surface area contributed by atoms with Crippen molar-refractivity contribution in [1.29, 1.82) is 0 Å². The van der Waals surface area contributed by atoms with Crippen molar-refractivity contribution in [3.05, 3.63) is 65.7 Å². The lowest BCUT2D eigenvalue weighted by Crippen LogP contribution is -2.21. The van der Waals surface area contributed by atoms with Gasteiger partial charge >= 0.3 is 18.2 Å². The van der Waals surface area contributed by atoms with E-state index in [4.69, 9.17) is 14.2 Å². The van der Waals surface area contributed by atoms with Gasteiger partial charge in [0.15, 0.2) is 6.61 Å². The van der Waals surface area contributed by atoms with E-state index in [2.05, 4.69) is 25.6 Å². The van der Waals surface area contributed by atoms with E-state index >= 15 is 0 Å². The highest BCUT2D eigenvalue weighted by Gasteiger charge is 2.29. The first kappa shape index (κ1) is 27.5. The zero-order chi connectivity index (χ0) is 27.7. The van der Waals surface area contributed by atoms with Crippen molar-refractivity contribution in [2.24, 2.45) is 0 Å². The number of rotatable bonds is 3. The summed E-state index contributed by atoms with van der Waals surface area (Å²) in [6, 6.07) is 11.1. The zero-order valence-electron chi connectivity index (χ0n) is 20.7. The van der Waals surface area contributed by atoms with Gasteiger partial charge in [-0.3, -0.25) is 0 Å². The highest BCUT2D eigenvalue weighted by atomic mass is 19.4. The van der Waals surface area contributed by atoms with Crippen LogP contribution >= 0.6 is 0 Å². The molecule has 10 nitrogen and oxygen atoms in total. The molecule has 0 radical (unpaired) electrons. The van der Waals surface area contributed by atoms with Gasteiger partial charge in [-0.2, -0.15) is 28.1 Å². The third-order valence-electron chi connectivity index (χ3n) is 5.31. The van der Waals surface area contributed by atoms with E-state index in [1.165, 1.54) is 18.2 Å². The second-order valence-corrected chi connectivity index (χ2v) is 8.41. The third-order valence-corrected chi connectivity index (χ3v) is 5.31. The molecule has 0 amide bonds. The van der Waals surface area contributed by atoms with E-state index in [9.17, 15) is 23.1 Å². The number of alkyl halides is 3. The highest BCUT2D eigenvalue weighted by molar-refractivity contribution is 5.91. The molecule has 0 saturated heterocycles. The summed E-state index contributed by atoms with van der Waals surface area (Å²) in [5, 5.41) is 15.3. The molecule has 3 N–H and O–H groups in total. The number of hydrogen-bond acceptors (Lipinski definition) is 9. The summed E-state index contributed by atoms with van der Waals surface area (Å²) in [6.07, 6.45) is 1.57. The summed E-state index contributed by atoms with van der Waals surface area (Å²) in [4.78, 5) is 23.7. The standard InChI is InChI=1S/C26H26F3N5O5/c27-26(28,29)16-39-25-33-23-30-15-17-6-9-19(10-7-17)37-12-4-2-1-3-5-13-38-21-14-18(31-24(32-23)34-25)8-11-20(21)22(35)36/h1,3,6-11,14H,2,4-5,12-13,15-16H2,(H,35,36)(H2,30,31,32,33,34). The van der Waals surface area contributed by atoms with Crippen LogP contribution in [0.5, 0.6) is 17.5 Å². The number of anilines is 3. The van der Waals surface area contributed by atoms with Gasteiger partial charge in [0.25, 0.3) is 0 Å². The van der Waals surface area contributed by atoms with Gasteiger partial charge in [-0.25, -0.2) is 4.79 Å². The number of allylic oxidation sites excluding steroid dienone is 1. The molecule has 6 bridgehead atoms. The van der Waals surface area contributed by atoms with Crippen molar-refractivity contribution in [3.63, 3.8) is 0 Å². The number of fused-ring (bicyclic) bond motifs is 10. The molecule has 2 aromatic carbocycles. The monoisotopic (exact) mass is 545 g/mol. The first-order chi connectivity index (χ1) is 18.7. The molecule has 2 aliphatic heterocycles. The average molecular weight is 546 g/mol. The second-order valence-electron chi connectivity index (χ2n) is 8.41. The third kappa shape index (κ3) is 8.76. The number of halogens is 3. The second kappa shape index (κ2) is 12.8. The van der Waals surface area contributed by atoms with Gasteiger partial charge in [0.1, 0.15) is 17.1 Å². The molecule has 2 aliphatic rings. The lowest BCUT2D eigenvalue weighted by atomic mass is 10.2. The van der Waals surface area contributed by atoms with Crippen LogP contribution in [0.4, 0.5) is 30.8 Å². The van der Waals surface area contributed by atoms with Crippen LogP contribution in [0, 0.1) is 0 Å². The van der Waals surface area contributed by atoms with Gasteiger partial charge in [-0.1, -0.05) is 24.3 Å². The molecule has 206 valence electrons. The lowest BCUT2D eigenvalue weighted by Gasteiger charge is -2.14. The fourth-order valence-electron chi connectivity index (χ4n) is 3.48. The maximum atomic E-state index is 12.7. The molecule has 0 atom stereocenters. The molecule has 0 unspecified atom stereocenters. The molecule has 5 rings (SSSR count). The summed E-state index contributed by atoms with van der Waals surface area (Å²) in [7, 11) is 0. The number of nitrogens with zero attached hydrogens (tertiary/aromatic N) is 3. The first-order valence-electron chi connectivity index (χ1n) is 12.1. The molecule has 0 spiro atoms. The van der Waals surface area contributed by atoms with Crippen molar-refractivity contribution in [2.75, 3.05) is 30.5 Å². The minimum absolute atomic E-state index is 0.0300. The number of carboxylic acid groups (broad SMARTS) is 1. The Hall–Kier alpha value is -4.55. The van der Waals surface area contributed by atoms with Crippen LogP contribution in [-0.2, 0) is 6.54 Å². The summed E-state index contributed by atoms with van der Waals surface area (Å²) < 4.78 is 54.4. The molecular weight excluding hydrogens is 519 g/mol. The van der Waals surface area contributed by atoms with E-state index in [1.54, 1.807) is 0 Å². The Morgan fingerprint density at radius 2 is 1.74 bits per heavy atom. The maximum absolute atomic E-state index is 12.7. The molecule has 39 heavy (non-hydrogen) atoms. The van der Waals surface area contributed by atoms with Crippen LogP contribution in [0.25, 0.3) is 0 Å². The first-order valence-corrected chi connectivity index (χ1v) is 12.1. The normalized spacial score (nSPS) is 14.4. The predicted molar refractivity (Wildman–Crippen MR) is 136 cm³/mol. The Morgan fingerprint density at radius 1 is 0.974 bits per heavy atom. The lowest BCUT2D eigenvalue weighted by molar-refractivity contribution is -0.154. The van der Waals surface area contributed by atoms with Crippen LogP contribution in [-0.4, -0.2) is 52.0 Å². The fourth-order valence-corrected chi connectivity index (χ4v) is 3.48. The maximum Gasteiger partial charge on any atom is 0.422 e. The van der Waals surface area contributed by atoms with E-state index in [1.807, 2.05) is 36.4 Å². The Kier molecular flexibility index (Phi) is 9.02. The molecule has 0 aliphatic carbocycles. The van der Waals surface area contributed by atoms with E-state index in [0.29, 0.717) is 24.5 Å². The Balaban J connectivity index is 1.63. The Labute approximate surface area is 221 Å². The summed E-state index contributed by atoms with van der Waals surface area (Å²) in [6.45, 7) is -0.553. The largest absolute Gasteiger partial charge is 0.494 e. The van der Waals surface area contributed by atoms with Crippen LogP contribution < -0.4 is 24.8 Å². The van der Waals surface area contributed by atoms with Gasteiger partial charge in [-0.05, 0) is 49.1 Å². The number of hydrogen-bond donors (Lipinski definition) is 3. The number of ether oxygens (including phenoxy) is 3. The summed E-state index contributed by atoms with van der Waals surface area (Å²) >= 11 is 0. The number of nitrogens with one attached hydrogen (secondary N) is 2. The Morgan fingerprint density at radius 3 is 2.51 bits per heavy atom. The average Bonchev–Trinajstić information content (AvgIpc) is 2.89. The van der Waals surface area contributed by atoms with E-state index in [0.717, 1.165) is 18.4 Å². The minimum Gasteiger partial charge on any atom is -0.494 e. The van der Waals surface area contributed by atoms with Gasteiger partial charge in [-0.15, -0.1) is 0 Å². The van der Waals surface area contributed by atoms with Gasteiger partial charge in [0, 0.05) is 18.3 Å². The highest BCUT2D eigenvalue weighted by Crippen LogP contribution is 2.27. The van der Waals surface area contributed by atoms with Crippen molar-refractivity contribution >= 4 is 23.6 Å². The van der Waals surface area contributed by atoms with Gasteiger partial charge in [0.2, 0.25) is 11.9 Å². The fraction of sp³-hybridized carbons (Fsp3) is 0.308. The molecular formula is C26H26F3N5O5. The topological polar surface area (TPSA) is 128 Å². The summed E-state index contributed by atoms with van der Waals surface area (Å²) in [5.41, 5.74) is 1.15. The molecule has 0 saturated carbocycles. The smallest absolute Gasteiger partial charge is 0.422 e. The van der Waals surface area contributed by atoms with Crippen molar-refractivity contribution in [3.8, 4) is 17.5 Å².